The summed E-state index contributed by atoms with van der Waals surface area (Å²) in [5.74, 6) is 0.622. The lowest BCUT2D eigenvalue weighted by molar-refractivity contribution is -0.105. The lowest BCUT2D eigenvalue weighted by Gasteiger charge is -2.25. The van der Waals surface area contributed by atoms with Crippen molar-refractivity contribution in [2.24, 2.45) is 0 Å². The van der Waals surface area contributed by atoms with Gasteiger partial charge in [0.15, 0.2) is 0 Å². The van der Waals surface area contributed by atoms with E-state index in [0.717, 1.165) is 18.6 Å². The van der Waals surface area contributed by atoms with Crippen LogP contribution in [0.5, 0.6) is 0 Å². The third-order valence-corrected chi connectivity index (χ3v) is 4.13. The molecule has 1 atom stereocenters. The third-order valence-electron chi connectivity index (χ3n) is 4.13. The van der Waals surface area contributed by atoms with Gasteiger partial charge < -0.3 is 10.2 Å². The number of amides is 1. The highest BCUT2D eigenvalue weighted by atomic mass is 16.1. The predicted molar refractivity (Wildman–Crippen MR) is 84.2 cm³/mol. The monoisotopic (exact) mass is 274 g/mol. The highest BCUT2D eigenvalue weighted by molar-refractivity contribution is 5.72. The number of hydrogen-bond donors (Lipinski definition) is 1. The second-order valence-corrected chi connectivity index (χ2v) is 5.71. The van der Waals surface area contributed by atoms with Gasteiger partial charge in [0, 0.05) is 12.2 Å². The van der Waals surface area contributed by atoms with E-state index in [0.29, 0.717) is 5.92 Å². The number of benzene rings is 1. The van der Waals surface area contributed by atoms with Crippen LogP contribution in [0.25, 0.3) is 0 Å². The Kier molecular flexibility index (Phi) is 5.60. The van der Waals surface area contributed by atoms with Crippen LogP contribution in [0.3, 0.4) is 0 Å². The molecule has 0 spiro atoms. The van der Waals surface area contributed by atoms with Gasteiger partial charge in [-0.3, -0.25) is 4.79 Å². The van der Waals surface area contributed by atoms with Gasteiger partial charge in [0.2, 0.25) is 6.41 Å². The molecule has 1 aromatic carbocycles. The Hall–Kier alpha value is -1.35. The van der Waals surface area contributed by atoms with E-state index in [1.54, 1.807) is 0 Å². The number of fused-ring (bicyclic) bond motifs is 1. The molecular formula is C17H26N2O. The summed E-state index contributed by atoms with van der Waals surface area (Å²) in [6.07, 6.45) is 5.60. The number of rotatable bonds is 8. The van der Waals surface area contributed by atoms with Gasteiger partial charge >= 0.3 is 0 Å². The van der Waals surface area contributed by atoms with Crippen LogP contribution in [0.2, 0.25) is 0 Å². The molecule has 0 heterocycles. The van der Waals surface area contributed by atoms with Crippen LogP contribution in [0.15, 0.2) is 18.2 Å². The maximum atomic E-state index is 10.6. The third kappa shape index (κ3) is 3.60. The Morgan fingerprint density at radius 2 is 2.05 bits per heavy atom. The molecular weight excluding hydrogens is 248 g/mol. The molecule has 1 amide bonds. The molecule has 20 heavy (non-hydrogen) atoms. The van der Waals surface area contributed by atoms with Crippen molar-refractivity contribution >= 4 is 12.1 Å². The average molecular weight is 274 g/mol. The molecule has 0 fully saturated rings. The topological polar surface area (TPSA) is 32.3 Å². The first-order valence-electron chi connectivity index (χ1n) is 7.83. The molecule has 0 saturated heterocycles. The quantitative estimate of drug-likeness (QED) is 0.737. The number of nitrogens with zero attached hydrogens (tertiary/aromatic N) is 1. The summed E-state index contributed by atoms with van der Waals surface area (Å²) < 4.78 is 0. The molecule has 0 aromatic heterocycles. The van der Waals surface area contributed by atoms with E-state index in [2.05, 4.69) is 36.2 Å². The van der Waals surface area contributed by atoms with Crippen LogP contribution in [0, 0.1) is 0 Å². The zero-order valence-electron chi connectivity index (χ0n) is 12.7. The molecule has 0 aliphatic heterocycles. The molecule has 2 rings (SSSR count). The second-order valence-electron chi connectivity index (χ2n) is 5.71. The Bertz CT molecular complexity index is 439. The zero-order chi connectivity index (χ0) is 14.4. The minimum atomic E-state index is 0.622. The van der Waals surface area contributed by atoms with Crippen LogP contribution in [0.1, 0.15) is 50.2 Å². The summed E-state index contributed by atoms with van der Waals surface area (Å²) in [4.78, 5) is 13.2. The maximum absolute atomic E-state index is 10.6. The van der Waals surface area contributed by atoms with Gasteiger partial charge in [0.05, 0.1) is 0 Å². The fourth-order valence-electron chi connectivity index (χ4n) is 3.27. The molecule has 1 aliphatic rings. The van der Waals surface area contributed by atoms with Gasteiger partial charge in [-0.2, -0.15) is 0 Å². The van der Waals surface area contributed by atoms with Crippen molar-refractivity contribution in [3.05, 3.63) is 29.3 Å². The van der Waals surface area contributed by atoms with E-state index in [1.807, 2.05) is 6.07 Å². The first-order chi connectivity index (χ1) is 9.78. The summed E-state index contributed by atoms with van der Waals surface area (Å²) >= 11 is 0. The Morgan fingerprint density at radius 3 is 2.70 bits per heavy atom. The van der Waals surface area contributed by atoms with Gasteiger partial charge in [-0.15, -0.1) is 0 Å². The molecule has 1 aliphatic carbocycles. The molecule has 1 N–H and O–H groups in total. The average Bonchev–Trinajstić information content (AvgIpc) is 2.83. The molecule has 110 valence electrons. The van der Waals surface area contributed by atoms with Crippen molar-refractivity contribution < 1.29 is 4.79 Å². The van der Waals surface area contributed by atoms with Gasteiger partial charge in [0.1, 0.15) is 0 Å². The predicted octanol–water partition coefficient (Wildman–Crippen LogP) is 3.41. The highest BCUT2D eigenvalue weighted by Gasteiger charge is 2.24. The van der Waals surface area contributed by atoms with Crippen molar-refractivity contribution in [2.75, 3.05) is 25.0 Å². The van der Waals surface area contributed by atoms with Crippen LogP contribution >= 0.6 is 0 Å². The lowest BCUT2D eigenvalue weighted by atomic mass is 10.00. The van der Waals surface area contributed by atoms with Gasteiger partial charge in [-0.25, -0.2) is 0 Å². The van der Waals surface area contributed by atoms with Gasteiger partial charge in [-0.05, 0) is 68.0 Å². The summed E-state index contributed by atoms with van der Waals surface area (Å²) in [5, 5.41) is 2.77. The Morgan fingerprint density at radius 1 is 1.30 bits per heavy atom. The van der Waals surface area contributed by atoms with E-state index in [4.69, 9.17) is 0 Å². The fraction of sp³-hybridized carbons (Fsp3) is 0.588. The van der Waals surface area contributed by atoms with Gasteiger partial charge in [0.25, 0.3) is 0 Å². The molecule has 0 bridgehead atoms. The van der Waals surface area contributed by atoms with Crippen LogP contribution in [-0.2, 0) is 11.2 Å². The first-order valence-corrected chi connectivity index (χ1v) is 7.83. The maximum Gasteiger partial charge on any atom is 0.211 e. The molecule has 0 radical (unpaired) electrons. The van der Waals surface area contributed by atoms with Crippen LogP contribution in [-0.4, -0.2) is 30.9 Å². The Labute approximate surface area is 122 Å². The molecule has 0 saturated carbocycles. The van der Waals surface area contributed by atoms with Crippen LogP contribution in [0.4, 0.5) is 5.69 Å². The number of aryl methyl sites for hydroxylation is 1. The first kappa shape index (κ1) is 15.0. The smallest absolute Gasteiger partial charge is 0.211 e. The number of carbonyl (C=O) groups is 1. The van der Waals surface area contributed by atoms with Crippen molar-refractivity contribution in [2.45, 2.75) is 45.4 Å². The molecule has 1 unspecified atom stereocenters. The lowest BCUT2D eigenvalue weighted by Crippen LogP contribution is -2.29. The van der Waals surface area contributed by atoms with E-state index < -0.39 is 0 Å². The zero-order valence-corrected chi connectivity index (χ0v) is 12.7. The number of hydrogen-bond acceptors (Lipinski definition) is 2. The van der Waals surface area contributed by atoms with E-state index in [1.165, 1.54) is 49.9 Å². The van der Waals surface area contributed by atoms with Crippen molar-refractivity contribution in [1.82, 2.24) is 4.90 Å². The highest BCUT2D eigenvalue weighted by Crippen LogP contribution is 2.35. The summed E-state index contributed by atoms with van der Waals surface area (Å²) in [6.45, 7) is 8.02. The molecule has 3 nitrogen and oxygen atoms in total. The van der Waals surface area contributed by atoms with E-state index >= 15 is 0 Å². The largest absolute Gasteiger partial charge is 0.329 e. The van der Waals surface area contributed by atoms with E-state index in [9.17, 15) is 4.79 Å². The van der Waals surface area contributed by atoms with Crippen molar-refractivity contribution in [3.63, 3.8) is 0 Å². The van der Waals surface area contributed by atoms with Crippen molar-refractivity contribution in [1.29, 1.82) is 0 Å². The van der Waals surface area contributed by atoms with E-state index in [-0.39, 0.29) is 0 Å². The van der Waals surface area contributed by atoms with Crippen LogP contribution < -0.4 is 5.32 Å². The normalized spacial score (nSPS) is 17.2. The Balaban J connectivity index is 2.08. The number of nitrogens with one attached hydrogen (secondary N) is 1. The summed E-state index contributed by atoms with van der Waals surface area (Å²) in [5.41, 5.74) is 3.82. The minimum Gasteiger partial charge on any atom is -0.329 e. The molecule has 3 heteroatoms. The fourth-order valence-corrected chi connectivity index (χ4v) is 3.27. The van der Waals surface area contributed by atoms with Gasteiger partial charge in [-0.1, -0.05) is 19.9 Å². The van der Waals surface area contributed by atoms with Crippen molar-refractivity contribution in [3.8, 4) is 0 Å². The number of anilines is 1. The SMILES string of the molecule is CCCN(CCC)CC1CCc2ccc(NC=O)cc21. The minimum absolute atomic E-state index is 0.622. The summed E-state index contributed by atoms with van der Waals surface area (Å²) in [6, 6.07) is 6.34. The second kappa shape index (κ2) is 7.44. The standard InChI is InChI=1S/C17H26N2O/c1-3-9-19(10-4-2)12-15-6-5-14-7-8-16(18-13-20)11-17(14)15/h7-8,11,13,15H,3-6,9-10,12H2,1-2H3,(H,18,20). The number of carbonyl (C=O) groups excluding carboxylic acids is 1. The molecule has 1 aromatic rings. The summed E-state index contributed by atoms with van der Waals surface area (Å²) in [7, 11) is 0.